The molecule has 1 aromatic rings. The van der Waals surface area contributed by atoms with Gasteiger partial charge in [0.25, 0.3) is 0 Å². The first-order chi connectivity index (χ1) is 7.81. The van der Waals surface area contributed by atoms with Crippen LogP contribution < -0.4 is 5.32 Å². The highest BCUT2D eigenvalue weighted by molar-refractivity contribution is 9.10. The normalized spacial score (nSPS) is 11.2. The molecule has 0 aliphatic heterocycles. The predicted octanol–water partition coefficient (Wildman–Crippen LogP) is 2.69. The van der Waals surface area contributed by atoms with Gasteiger partial charge in [-0.2, -0.15) is 13.2 Å². The molecule has 1 heterocycles. The van der Waals surface area contributed by atoms with Crippen LogP contribution in [-0.2, 0) is 10.9 Å². The molecule has 1 aromatic heterocycles. The summed E-state index contributed by atoms with van der Waals surface area (Å²) in [5.41, 5.74) is -1.18. The lowest BCUT2D eigenvalue weighted by Gasteiger charge is -2.12. The van der Waals surface area contributed by atoms with Crippen molar-refractivity contribution in [1.82, 2.24) is 4.98 Å². The zero-order chi connectivity index (χ0) is 13.2. The van der Waals surface area contributed by atoms with Crippen LogP contribution >= 0.6 is 15.9 Å². The molecule has 4 nitrogen and oxygen atoms in total. The number of nitrogens with zero attached hydrogens (tertiary/aromatic N) is 1. The Morgan fingerprint density at radius 3 is 2.53 bits per heavy atom. The van der Waals surface area contributed by atoms with Gasteiger partial charge in [-0.25, -0.2) is 9.78 Å². The Bertz CT molecular complexity index is 449. The molecule has 0 atom stereocenters. The molecule has 0 aliphatic carbocycles. The third-order valence-electron chi connectivity index (χ3n) is 1.89. The van der Waals surface area contributed by atoms with Crippen LogP contribution in [0.3, 0.4) is 0 Å². The zero-order valence-corrected chi connectivity index (χ0v) is 10.4. The van der Waals surface area contributed by atoms with Crippen molar-refractivity contribution in [1.29, 1.82) is 0 Å². The van der Waals surface area contributed by atoms with Crippen molar-refractivity contribution in [2.24, 2.45) is 0 Å². The fraction of sp³-hybridized carbons (Fsp3) is 0.333. The van der Waals surface area contributed by atoms with E-state index in [1.807, 2.05) is 0 Å². The van der Waals surface area contributed by atoms with E-state index in [4.69, 9.17) is 0 Å². The number of methoxy groups -OCH3 is 1. The summed E-state index contributed by atoms with van der Waals surface area (Å²) in [5, 5.41) is 2.42. The van der Waals surface area contributed by atoms with Gasteiger partial charge in [-0.3, -0.25) is 0 Å². The van der Waals surface area contributed by atoms with Crippen molar-refractivity contribution in [3.05, 3.63) is 21.8 Å². The van der Waals surface area contributed by atoms with Crippen LogP contribution in [0.1, 0.15) is 16.1 Å². The number of aromatic nitrogens is 1. The molecular formula is C9H8BrF3N2O2. The van der Waals surface area contributed by atoms with E-state index in [9.17, 15) is 18.0 Å². The minimum atomic E-state index is -4.60. The summed E-state index contributed by atoms with van der Waals surface area (Å²) in [6.07, 6.45) is -4.60. The molecule has 0 aliphatic rings. The van der Waals surface area contributed by atoms with Gasteiger partial charge in [-0.15, -0.1) is 0 Å². The molecule has 17 heavy (non-hydrogen) atoms. The monoisotopic (exact) mass is 312 g/mol. The highest BCUT2D eigenvalue weighted by Crippen LogP contribution is 2.35. The summed E-state index contributed by atoms with van der Waals surface area (Å²) in [5.74, 6) is -0.955. The van der Waals surface area contributed by atoms with Gasteiger partial charge in [-0.1, -0.05) is 0 Å². The number of esters is 1. The maximum Gasteiger partial charge on any atom is 0.434 e. The topological polar surface area (TPSA) is 51.2 Å². The van der Waals surface area contributed by atoms with Gasteiger partial charge < -0.3 is 10.1 Å². The van der Waals surface area contributed by atoms with Gasteiger partial charge in [0.2, 0.25) is 0 Å². The Morgan fingerprint density at radius 1 is 1.53 bits per heavy atom. The average Bonchev–Trinajstić information content (AvgIpc) is 2.26. The number of hydrogen-bond donors (Lipinski definition) is 1. The van der Waals surface area contributed by atoms with Crippen LogP contribution in [-0.4, -0.2) is 25.1 Å². The highest BCUT2D eigenvalue weighted by atomic mass is 79.9. The Kier molecular flexibility index (Phi) is 3.97. The number of rotatable bonds is 2. The van der Waals surface area contributed by atoms with Gasteiger partial charge in [0, 0.05) is 11.5 Å². The van der Waals surface area contributed by atoms with E-state index < -0.39 is 17.8 Å². The van der Waals surface area contributed by atoms with E-state index in [0.717, 1.165) is 13.2 Å². The van der Waals surface area contributed by atoms with E-state index in [2.05, 4.69) is 31.0 Å². The first-order valence-electron chi connectivity index (χ1n) is 4.35. The van der Waals surface area contributed by atoms with Crippen molar-refractivity contribution < 1.29 is 22.7 Å². The molecule has 1 N–H and O–H groups in total. The molecule has 0 fully saturated rings. The Balaban J connectivity index is 3.40. The molecule has 0 saturated heterocycles. The SMILES string of the molecule is CNc1nc(C(F)(F)F)c(Br)cc1C(=O)OC. The first-order valence-corrected chi connectivity index (χ1v) is 5.14. The molecule has 0 saturated carbocycles. The van der Waals surface area contributed by atoms with E-state index >= 15 is 0 Å². The number of alkyl halides is 3. The van der Waals surface area contributed by atoms with Gasteiger partial charge in [0.05, 0.1) is 7.11 Å². The second-order valence-corrected chi connectivity index (χ2v) is 3.81. The number of hydrogen-bond acceptors (Lipinski definition) is 4. The van der Waals surface area contributed by atoms with Crippen LogP contribution in [0.25, 0.3) is 0 Å². The summed E-state index contributed by atoms with van der Waals surface area (Å²) < 4.78 is 41.8. The lowest BCUT2D eigenvalue weighted by atomic mass is 10.2. The molecule has 94 valence electrons. The zero-order valence-electron chi connectivity index (χ0n) is 8.85. The molecule has 0 unspecified atom stereocenters. The molecular weight excluding hydrogens is 305 g/mol. The van der Waals surface area contributed by atoms with Crippen molar-refractivity contribution >= 4 is 27.7 Å². The molecule has 8 heteroatoms. The predicted molar refractivity (Wildman–Crippen MR) is 57.8 cm³/mol. The summed E-state index contributed by atoms with van der Waals surface area (Å²) in [4.78, 5) is 14.6. The maximum absolute atomic E-state index is 12.5. The average molecular weight is 313 g/mol. The van der Waals surface area contributed by atoms with Gasteiger partial charge >= 0.3 is 12.1 Å². The quantitative estimate of drug-likeness (QED) is 0.853. The molecule has 0 radical (unpaired) electrons. The third kappa shape index (κ3) is 2.87. The largest absolute Gasteiger partial charge is 0.465 e. The highest BCUT2D eigenvalue weighted by Gasteiger charge is 2.36. The summed E-state index contributed by atoms with van der Waals surface area (Å²) >= 11 is 2.73. The first kappa shape index (κ1) is 13.8. The van der Waals surface area contributed by atoms with Gasteiger partial charge in [0.15, 0.2) is 5.69 Å². The maximum atomic E-state index is 12.5. The summed E-state index contributed by atoms with van der Waals surface area (Å²) in [6, 6.07) is 1.02. The van der Waals surface area contributed by atoms with E-state index in [1.165, 1.54) is 7.05 Å². The fourth-order valence-electron chi connectivity index (χ4n) is 1.14. The smallest absolute Gasteiger partial charge is 0.434 e. The summed E-state index contributed by atoms with van der Waals surface area (Å²) in [6.45, 7) is 0. The van der Waals surface area contributed by atoms with Crippen molar-refractivity contribution in [3.63, 3.8) is 0 Å². The van der Waals surface area contributed by atoms with Crippen LogP contribution in [0.4, 0.5) is 19.0 Å². The van der Waals surface area contributed by atoms with E-state index in [-0.39, 0.29) is 15.9 Å². The minimum absolute atomic E-state index is 0.0742. The molecule has 0 amide bonds. The molecule has 0 spiro atoms. The lowest BCUT2D eigenvalue weighted by molar-refractivity contribution is -0.141. The van der Waals surface area contributed by atoms with Crippen molar-refractivity contribution in [3.8, 4) is 0 Å². The molecule has 1 rings (SSSR count). The Hall–Kier alpha value is -1.31. The Morgan fingerprint density at radius 2 is 2.12 bits per heavy atom. The van der Waals surface area contributed by atoms with Crippen molar-refractivity contribution in [2.75, 3.05) is 19.5 Å². The van der Waals surface area contributed by atoms with Crippen LogP contribution in [0, 0.1) is 0 Å². The Labute approximate surface area is 103 Å². The van der Waals surface area contributed by atoms with Crippen LogP contribution in [0.15, 0.2) is 10.5 Å². The second kappa shape index (κ2) is 4.91. The summed E-state index contributed by atoms with van der Waals surface area (Å²) in [7, 11) is 2.50. The number of anilines is 1. The lowest BCUT2D eigenvalue weighted by Crippen LogP contribution is -2.14. The molecule has 0 bridgehead atoms. The standard InChI is InChI=1S/C9H8BrF3N2O2/c1-14-7-4(8(16)17-2)3-5(10)6(15-7)9(11,12)13/h3H,1-2H3,(H,14,15). The fourth-order valence-corrected chi connectivity index (χ4v) is 1.69. The van der Waals surface area contributed by atoms with Crippen LogP contribution in [0.5, 0.6) is 0 Å². The minimum Gasteiger partial charge on any atom is -0.465 e. The number of nitrogens with one attached hydrogen (secondary N) is 1. The second-order valence-electron chi connectivity index (χ2n) is 2.95. The van der Waals surface area contributed by atoms with Crippen molar-refractivity contribution in [2.45, 2.75) is 6.18 Å². The number of pyridine rings is 1. The third-order valence-corrected chi connectivity index (χ3v) is 2.49. The molecule has 0 aromatic carbocycles. The van der Waals surface area contributed by atoms with Gasteiger partial charge in [0.1, 0.15) is 11.4 Å². The number of ether oxygens (including phenoxy) is 1. The van der Waals surface area contributed by atoms with Gasteiger partial charge in [-0.05, 0) is 22.0 Å². The van der Waals surface area contributed by atoms with E-state index in [1.54, 1.807) is 0 Å². The number of carbonyl (C=O) groups is 1. The number of halogens is 4. The van der Waals surface area contributed by atoms with Crippen LogP contribution in [0.2, 0.25) is 0 Å². The number of carbonyl (C=O) groups excluding carboxylic acids is 1. The van der Waals surface area contributed by atoms with E-state index in [0.29, 0.717) is 0 Å².